The van der Waals surface area contributed by atoms with Gasteiger partial charge in [-0.25, -0.2) is 0 Å². The number of likely N-dealkylation sites (tertiary alicyclic amines) is 1. The zero-order valence-electron chi connectivity index (χ0n) is 16.0. The van der Waals surface area contributed by atoms with Crippen LogP contribution in [0, 0.1) is 11.3 Å². The van der Waals surface area contributed by atoms with E-state index in [4.69, 9.17) is 5.41 Å². The van der Waals surface area contributed by atoms with Gasteiger partial charge in [-0.2, -0.15) is 0 Å². The highest BCUT2D eigenvalue weighted by Gasteiger charge is 2.51. The SMILES string of the molecule is CC(C)C1(C(=N)CC(=O)N2CCC(c3ccccc3)CC2)NC(=O)CC1=O. The molecule has 2 N–H and O–H groups in total. The minimum Gasteiger partial charge on any atom is -0.342 e. The molecule has 1 atom stereocenters. The van der Waals surface area contributed by atoms with Gasteiger partial charge in [0.2, 0.25) is 11.8 Å². The summed E-state index contributed by atoms with van der Waals surface area (Å²) >= 11 is 0. The number of piperidine rings is 1. The van der Waals surface area contributed by atoms with E-state index in [1.54, 1.807) is 18.7 Å². The Morgan fingerprint density at radius 1 is 1.22 bits per heavy atom. The third kappa shape index (κ3) is 3.66. The molecule has 0 aromatic heterocycles. The fourth-order valence-electron chi connectivity index (χ4n) is 4.27. The molecule has 3 rings (SSSR count). The van der Waals surface area contributed by atoms with E-state index in [1.165, 1.54) is 5.56 Å². The van der Waals surface area contributed by atoms with E-state index < -0.39 is 5.54 Å². The van der Waals surface area contributed by atoms with E-state index in [0.717, 1.165) is 12.8 Å². The van der Waals surface area contributed by atoms with Gasteiger partial charge in [0.1, 0.15) is 5.54 Å². The van der Waals surface area contributed by atoms with E-state index in [-0.39, 0.29) is 42.1 Å². The van der Waals surface area contributed by atoms with Gasteiger partial charge in [-0.3, -0.25) is 14.4 Å². The van der Waals surface area contributed by atoms with Crippen LogP contribution in [0.4, 0.5) is 0 Å². The Balaban J connectivity index is 1.61. The van der Waals surface area contributed by atoms with Gasteiger partial charge in [-0.15, -0.1) is 0 Å². The van der Waals surface area contributed by atoms with Gasteiger partial charge in [-0.05, 0) is 30.2 Å². The molecule has 0 spiro atoms. The molecule has 2 aliphatic rings. The van der Waals surface area contributed by atoms with Crippen LogP contribution in [0.1, 0.15) is 51.0 Å². The first-order valence-corrected chi connectivity index (χ1v) is 9.59. The topological polar surface area (TPSA) is 90.3 Å². The first-order valence-electron chi connectivity index (χ1n) is 9.59. The number of hydrogen-bond acceptors (Lipinski definition) is 4. The zero-order chi connectivity index (χ0) is 19.6. The van der Waals surface area contributed by atoms with Crippen molar-refractivity contribution in [3.05, 3.63) is 35.9 Å². The first-order chi connectivity index (χ1) is 12.8. The first kappa shape index (κ1) is 19.3. The minimum absolute atomic E-state index is 0.00327. The van der Waals surface area contributed by atoms with Crippen molar-refractivity contribution in [2.24, 2.45) is 5.92 Å². The van der Waals surface area contributed by atoms with Crippen molar-refractivity contribution in [3.63, 3.8) is 0 Å². The third-order valence-electron chi connectivity index (χ3n) is 5.89. The van der Waals surface area contributed by atoms with Crippen molar-refractivity contribution < 1.29 is 14.4 Å². The maximum Gasteiger partial charge on any atom is 0.228 e. The van der Waals surface area contributed by atoms with E-state index >= 15 is 0 Å². The zero-order valence-corrected chi connectivity index (χ0v) is 16.0. The lowest BCUT2D eigenvalue weighted by atomic mass is 9.78. The average molecular weight is 369 g/mol. The van der Waals surface area contributed by atoms with Crippen LogP contribution in [-0.2, 0) is 14.4 Å². The van der Waals surface area contributed by atoms with E-state index in [1.807, 2.05) is 18.2 Å². The second kappa shape index (κ2) is 7.62. The van der Waals surface area contributed by atoms with Crippen molar-refractivity contribution in [1.29, 1.82) is 5.41 Å². The van der Waals surface area contributed by atoms with Crippen LogP contribution in [-0.4, -0.2) is 46.8 Å². The van der Waals surface area contributed by atoms with Crippen LogP contribution in [0.2, 0.25) is 0 Å². The standard InChI is InChI=1S/C21H27N3O3/c1-14(2)21(18(25)13-19(26)23-21)17(22)12-20(27)24-10-8-16(9-11-24)15-6-4-3-5-7-15/h3-7,14,16,22H,8-13H2,1-2H3,(H,23,26). The van der Waals surface area contributed by atoms with Crippen LogP contribution in [0.15, 0.2) is 30.3 Å². The lowest BCUT2D eigenvalue weighted by molar-refractivity contribution is -0.131. The average Bonchev–Trinajstić information content (AvgIpc) is 2.97. The second-order valence-corrected chi connectivity index (χ2v) is 7.83. The minimum atomic E-state index is -1.32. The fraction of sp³-hybridized carbons (Fsp3) is 0.524. The highest BCUT2D eigenvalue weighted by atomic mass is 16.2. The number of amides is 2. The molecule has 6 heteroatoms. The number of nitrogens with zero attached hydrogens (tertiary/aromatic N) is 1. The second-order valence-electron chi connectivity index (χ2n) is 7.83. The van der Waals surface area contributed by atoms with E-state index in [0.29, 0.717) is 19.0 Å². The summed E-state index contributed by atoms with van der Waals surface area (Å²) in [5.74, 6) is -0.619. The molecule has 0 bridgehead atoms. The van der Waals surface area contributed by atoms with E-state index in [9.17, 15) is 14.4 Å². The molecule has 0 aliphatic carbocycles. The predicted molar refractivity (Wildman–Crippen MR) is 103 cm³/mol. The van der Waals surface area contributed by atoms with Gasteiger partial charge < -0.3 is 15.6 Å². The van der Waals surface area contributed by atoms with Gasteiger partial charge in [0, 0.05) is 13.1 Å². The Hall–Kier alpha value is -2.50. The molecule has 2 saturated heterocycles. The predicted octanol–water partition coefficient (Wildman–Crippen LogP) is 2.29. The van der Waals surface area contributed by atoms with Crippen molar-refractivity contribution in [3.8, 4) is 0 Å². The number of ketones is 1. The van der Waals surface area contributed by atoms with Crippen LogP contribution >= 0.6 is 0 Å². The van der Waals surface area contributed by atoms with Crippen molar-refractivity contribution in [2.45, 2.75) is 51.0 Å². The molecule has 2 aliphatic heterocycles. The van der Waals surface area contributed by atoms with E-state index in [2.05, 4.69) is 17.4 Å². The maximum atomic E-state index is 12.7. The van der Waals surface area contributed by atoms with Crippen LogP contribution in [0.25, 0.3) is 0 Å². The fourth-order valence-corrected chi connectivity index (χ4v) is 4.27. The summed E-state index contributed by atoms with van der Waals surface area (Å²) in [6.45, 7) is 4.91. The number of nitrogens with one attached hydrogen (secondary N) is 2. The van der Waals surface area contributed by atoms with Gasteiger partial charge in [0.25, 0.3) is 0 Å². The molecule has 1 unspecified atom stereocenters. The lowest BCUT2D eigenvalue weighted by Crippen LogP contribution is -2.58. The molecule has 0 saturated carbocycles. The molecule has 27 heavy (non-hydrogen) atoms. The summed E-state index contributed by atoms with van der Waals surface area (Å²) in [6, 6.07) is 10.3. The summed E-state index contributed by atoms with van der Waals surface area (Å²) in [7, 11) is 0. The molecule has 2 amide bonds. The third-order valence-corrected chi connectivity index (χ3v) is 5.89. The Morgan fingerprint density at radius 3 is 2.37 bits per heavy atom. The van der Waals surface area contributed by atoms with Gasteiger partial charge >= 0.3 is 0 Å². The molecule has 1 aromatic rings. The summed E-state index contributed by atoms with van der Waals surface area (Å²) in [6.07, 6.45) is 1.46. The summed E-state index contributed by atoms with van der Waals surface area (Å²) < 4.78 is 0. The number of rotatable bonds is 5. The molecule has 1 aromatic carbocycles. The van der Waals surface area contributed by atoms with Crippen LogP contribution < -0.4 is 5.32 Å². The Bertz CT molecular complexity index is 751. The van der Waals surface area contributed by atoms with Crippen LogP contribution in [0.3, 0.4) is 0 Å². The van der Waals surface area contributed by atoms with Gasteiger partial charge in [-0.1, -0.05) is 44.2 Å². The quantitative estimate of drug-likeness (QED) is 0.616. The smallest absolute Gasteiger partial charge is 0.228 e. The molecule has 6 nitrogen and oxygen atoms in total. The lowest BCUT2D eigenvalue weighted by Gasteiger charge is -2.35. The normalized spacial score (nSPS) is 23.6. The van der Waals surface area contributed by atoms with Crippen molar-refractivity contribution in [1.82, 2.24) is 10.2 Å². The monoisotopic (exact) mass is 369 g/mol. The maximum absolute atomic E-state index is 12.7. The number of carbonyl (C=O) groups is 3. The van der Waals surface area contributed by atoms with Gasteiger partial charge in [0.15, 0.2) is 5.78 Å². The molecular formula is C21H27N3O3. The number of benzene rings is 1. The van der Waals surface area contributed by atoms with Gasteiger partial charge in [0.05, 0.1) is 18.6 Å². The molecule has 2 fully saturated rings. The molecule has 2 heterocycles. The largest absolute Gasteiger partial charge is 0.342 e. The van der Waals surface area contributed by atoms with Crippen molar-refractivity contribution >= 4 is 23.3 Å². The number of Topliss-reactive ketones (excluding diaryl/α,β-unsaturated/α-hetero) is 1. The number of hydrogen-bond donors (Lipinski definition) is 2. The summed E-state index contributed by atoms with van der Waals surface area (Å²) in [4.78, 5) is 38.6. The summed E-state index contributed by atoms with van der Waals surface area (Å²) in [5, 5.41) is 11.1. The summed E-state index contributed by atoms with van der Waals surface area (Å²) in [5.41, 5.74) is -0.0198. The highest BCUT2D eigenvalue weighted by Crippen LogP contribution is 2.30. The van der Waals surface area contributed by atoms with Crippen molar-refractivity contribution in [2.75, 3.05) is 13.1 Å². The Labute approximate surface area is 159 Å². The molecule has 0 radical (unpaired) electrons. The highest BCUT2D eigenvalue weighted by molar-refractivity contribution is 6.26. The van der Waals surface area contributed by atoms with Crippen LogP contribution in [0.5, 0.6) is 0 Å². The number of carbonyl (C=O) groups excluding carboxylic acids is 3. The molecular weight excluding hydrogens is 342 g/mol. The molecule has 144 valence electrons. The Morgan fingerprint density at radius 2 is 1.85 bits per heavy atom. The Kier molecular flexibility index (Phi) is 5.44.